The molecule has 0 fully saturated rings. The number of ether oxygens (including phenoxy) is 2. The third-order valence-corrected chi connectivity index (χ3v) is 4.36. The molecule has 0 aliphatic carbocycles. The van der Waals surface area contributed by atoms with E-state index in [0.717, 1.165) is 12.8 Å². The second-order valence-electron chi connectivity index (χ2n) is 6.19. The molecular formula is C21H20ClFN4O3. The van der Waals surface area contributed by atoms with Gasteiger partial charge in [-0.2, -0.15) is 0 Å². The van der Waals surface area contributed by atoms with Gasteiger partial charge in [0.15, 0.2) is 22.4 Å². The lowest BCUT2D eigenvalue weighted by atomic mass is 10.1. The first kappa shape index (κ1) is 21.4. The number of fused-ring (bicyclic) bond motifs is 1. The van der Waals surface area contributed by atoms with E-state index >= 15 is 0 Å². The maximum atomic E-state index is 14.4. The molecule has 3 rings (SSSR count). The van der Waals surface area contributed by atoms with E-state index in [1.807, 2.05) is 6.92 Å². The van der Waals surface area contributed by atoms with E-state index in [0.29, 0.717) is 23.5 Å². The monoisotopic (exact) mass is 430 g/mol. The number of hydrogen-bond donors (Lipinski definition) is 1. The maximum absolute atomic E-state index is 14.4. The Hall–Kier alpha value is -3.31. The van der Waals surface area contributed by atoms with Gasteiger partial charge in [0.05, 0.1) is 25.0 Å². The summed E-state index contributed by atoms with van der Waals surface area (Å²) in [4.78, 5) is 19.5. The number of hydrogen-bond acceptors (Lipinski definition) is 5. The van der Waals surface area contributed by atoms with Crippen LogP contribution in [0, 0.1) is 17.7 Å². The van der Waals surface area contributed by atoms with Gasteiger partial charge in [0.2, 0.25) is 0 Å². The smallest absolute Gasteiger partial charge is 0.407 e. The molecule has 7 nitrogen and oxygen atoms in total. The zero-order valence-electron chi connectivity index (χ0n) is 16.3. The summed E-state index contributed by atoms with van der Waals surface area (Å²) in [5.74, 6) is 4.98. The predicted octanol–water partition coefficient (Wildman–Crippen LogP) is 4.10. The van der Waals surface area contributed by atoms with Crippen molar-refractivity contribution >= 4 is 23.3 Å². The van der Waals surface area contributed by atoms with Gasteiger partial charge in [0.25, 0.3) is 0 Å². The number of amides is 1. The molecule has 1 aromatic carbocycles. The van der Waals surface area contributed by atoms with Crippen LogP contribution in [-0.4, -0.2) is 40.2 Å². The van der Waals surface area contributed by atoms with Crippen molar-refractivity contribution in [1.82, 2.24) is 19.7 Å². The minimum absolute atomic E-state index is 0.0142. The SMILES string of the molecule is CCCCOC(=O)NCC#CCOc1ccc(-c2cnc3c(Cl)nccn23)cc1F. The number of carbonyl (C=O) groups excluding carboxylic acids is 1. The Morgan fingerprint density at radius 1 is 1.33 bits per heavy atom. The van der Waals surface area contributed by atoms with Crippen molar-refractivity contribution in [3.8, 4) is 28.8 Å². The Morgan fingerprint density at radius 2 is 2.20 bits per heavy atom. The molecule has 0 aliphatic heterocycles. The number of rotatable bonds is 7. The third kappa shape index (κ3) is 5.39. The number of nitrogens with zero attached hydrogens (tertiary/aromatic N) is 3. The molecule has 0 spiro atoms. The van der Waals surface area contributed by atoms with Crippen LogP contribution in [-0.2, 0) is 4.74 Å². The van der Waals surface area contributed by atoms with Gasteiger partial charge in [0, 0.05) is 18.0 Å². The van der Waals surface area contributed by atoms with Crippen LogP contribution in [0.2, 0.25) is 5.15 Å². The molecule has 0 radical (unpaired) electrons. The largest absolute Gasteiger partial charge is 0.478 e. The Kier molecular flexibility index (Phi) is 7.46. The number of carbonyl (C=O) groups is 1. The van der Waals surface area contributed by atoms with Crippen LogP contribution in [0.25, 0.3) is 16.9 Å². The van der Waals surface area contributed by atoms with E-state index in [1.54, 1.807) is 29.1 Å². The number of benzene rings is 1. The molecule has 30 heavy (non-hydrogen) atoms. The van der Waals surface area contributed by atoms with E-state index in [1.165, 1.54) is 12.1 Å². The number of aromatic nitrogens is 3. The highest BCUT2D eigenvalue weighted by Gasteiger charge is 2.11. The summed E-state index contributed by atoms with van der Waals surface area (Å²) in [5.41, 5.74) is 1.79. The van der Waals surface area contributed by atoms with Crippen molar-refractivity contribution < 1.29 is 18.7 Å². The number of halogens is 2. The molecule has 1 N–H and O–H groups in total. The summed E-state index contributed by atoms with van der Waals surface area (Å²) in [5, 5.41) is 2.78. The summed E-state index contributed by atoms with van der Waals surface area (Å²) in [7, 11) is 0. The van der Waals surface area contributed by atoms with E-state index in [2.05, 4.69) is 27.1 Å². The quantitative estimate of drug-likeness (QED) is 0.451. The van der Waals surface area contributed by atoms with E-state index in [9.17, 15) is 9.18 Å². The lowest BCUT2D eigenvalue weighted by Gasteiger charge is -2.07. The first-order valence-electron chi connectivity index (χ1n) is 9.36. The van der Waals surface area contributed by atoms with Gasteiger partial charge in [-0.15, -0.1) is 0 Å². The van der Waals surface area contributed by atoms with Gasteiger partial charge < -0.3 is 14.8 Å². The predicted molar refractivity (Wildman–Crippen MR) is 111 cm³/mol. The number of alkyl carbamates (subject to hydrolysis) is 1. The maximum Gasteiger partial charge on any atom is 0.407 e. The van der Waals surface area contributed by atoms with Crippen LogP contribution >= 0.6 is 11.6 Å². The molecule has 0 saturated carbocycles. The highest BCUT2D eigenvalue weighted by Crippen LogP contribution is 2.27. The van der Waals surface area contributed by atoms with Crippen molar-refractivity contribution in [3.05, 3.63) is 47.8 Å². The van der Waals surface area contributed by atoms with Crippen molar-refractivity contribution in [2.75, 3.05) is 19.8 Å². The number of imidazole rings is 1. The summed E-state index contributed by atoms with van der Waals surface area (Å²) >= 11 is 6.02. The Balaban J connectivity index is 1.54. The normalized spacial score (nSPS) is 10.4. The summed E-state index contributed by atoms with van der Waals surface area (Å²) in [6.45, 7) is 2.50. The van der Waals surface area contributed by atoms with Crippen molar-refractivity contribution in [3.63, 3.8) is 0 Å². The van der Waals surface area contributed by atoms with Crippen molar-refractivity contribution in [2.24, 2.45) is 0 Å². The molecule has 0 unspecified atom stereocenters. The minimum atomic E-state index is -0.526. The summed E-state index contributed by atoms with van der Waals surface area (Å²) < 4.78 is 26.5. The zero-order chi connectivity index (χ0) is 21.3. The van der Waals surface area contributed by atoms with Gasteiger partial charge in [-0.05, 0) is 24.6 Å². The van der Waals surface area contributed by atoms with Gasteiger partial charge in [-0.25, -0.2) is 19.2 Å². The molecule has 156 valence electrons. The standard InChI is InChI=1S/C21H20ClFN4O3/c1-2-3-11-30-21(28)25-8-4-5-12-29-18-7-6-15(13-16(18)23)17-14-26-20-19(22)24-9-10-27(17)20/h6-7,9-10,13-14H,2-3,8,11-12H2,1H3,(H,25,28). The summed E-state index contributed by atoms with van der Waals surface area (Å²) in [6, 6.07) is 4.60. The molecule has 0 aliphatic rings. The molecule has 0 bridgehead atoms. The van der Waals surface area contributed by atoms with Crippen LogP contribution in [0.15, 0.2) is 36.8 Å². The molecule has 2 aromatic heterocycles. The highest BCUT2D eigenvalue weighted by atomic mass is 35.5. The fourth-order valence-corrected chi connectivity index (χ4v) is 2.78. The molecule has 3 aromatic rings. The van der Waals surface area contributed by atoms with Crippen LogP contribution in [0.5, 0.6) is 5.75 Å². The van der Waals surface area contributed by atoms with E-state index < -0.39 is 11.9 Å². The molecule has 0 saturated heterocycles. The lowest BCUT2D eigenvalue weighted by Crippen LogP contribution is -2.24. The topological polar surface area (TPSA) is 77.8 Å². The van der Waals surface area contributed by atoms with Gasteiger partial charge in [-0.1, -0.05) is 36.8 Å². The van der Waals surface area contributed by atoms with Crippen molar-refractivity contribution in [2.45, 2.75) is 19.8 Å². The fourth-order valence-electron chi connectivity index (χ4n) is 2.58. The average Bonchev–Trinajstić information content (AvgIpc) is 3.17. The first-order valence-corrected chi connectivity index (χ1v) is 9.74. The lowest BCUT2D eigenvalue weighted by molar-refractivity contribution is 0.146. The van der Waals surface area contributed by atoms with Crippen LogP contribution in [0.3, 0.4) is 0 Å². The highest BCUT2D eigenvalue weighted by molar-refractivity contribution is 6.32. The molecule has 1 amide bonds. The average molecular weight is 431 g/mol. The first-order chi connectivity index (χ1) is 14.6. The molecule has 0 atom stereocenters. The van der Waals surface area contributed by atoms with Crippen LogP contribution in [0.1, 0.15) is 19.8 Å². The van der Waals surface area contributed by atoms with Gasteiger partial charge >= 0.3 is 6.09 Å². The fraction of sp³-hybridized carbons (Fsp3) is 0.286. The van der Waals surface area contributed by atoms with E-state index in [4.69, 9.17) is 21.1 Å². The Morgan fingerprint density at radius 3 is 3.00 bits per heavy atom. The Bertz CT molecular complexity index is 1090. The van der Waals surface area contributed by atoms with Crippen LogP contribution < -0.4 is 10.1 Å². The van der Waals surface area contributed by atoms with Gasteiger partial charge in [-0.3, -0.25) is 4.40 Å². The second-order valence-corrected chi connectivity index (χ2v) is 6.54. The summed E-state index contributed by atoms with van der Waals surface area (Å²) in [6.07, 6.45) is 6.11. The zero-order valence-corrected chi connectivity index (χ0v) is 17.1. The van der Waals surface area contributed by atoms with Crippen LogP contribution in [0.4, 0.5) is 9.18 Å². The number of unbranched alkanes of at least 4 members (excludes halogenated alkanes) is 1. The minimum Gasteiger partial charge on any atom is -0.478 e. The Labute approximate surface area is 178 Å². The number of nitrogens with one attached hydrogen (secondary N) is 1. The van der Waals surface area contributed by atoms with Gasteiger partial charge in [0.1, 0.15) is 6.61 Å². The second kappa shape index (κ2) is 10.5. The molecular weight excluding hydrogens is 411 g/mol. The third-order valence-electron chi connectivity index (χ3n) is 4.09. The molecule has 9 heteroatoms. The van der Waals surface area contributed by atoms with Crippen molar-refractivity contribution in [1.29, 1.82) is 0 Å². The molecule has 2 heterocycles. The van der Waals surface area contributed by atoms with E-state index in [-0.39, 0.29) is 24.1 Å².